The summed E-state index contributed by atoms with van der Waals surface area (Å²) in [5, 5.41) is 34.6. The number of rotatable bonds is 9. The van der Waals surface area contributed by atoms with Crippen LogP contribution >= 0.6 is 0 Å². The van der Waals surface area contributed by atoms with Gasteiger partial charge in [0.15, 0.2) is 0 Å². The first-order valence-electron chi connectivity index (χ1n) is 17.2. The van der Waals surface area contributed by atoms with Crippen LogP contribution in [0.2, 0.25) is 0 Å². The van der Waals surface area contributed by atoms with Crippen LogP contribution in [0.15, 0.2) is 18.2 Å². The van der Waals surface area contributed by atoms with E-state index < -0.39 is 45.2 Å². The molecule has 0 spiro atoms. The van der Waals surface area contributed by atoms with Gasteiger partial charge in [-0.3, -0.25) is 18.6 Å². The van der Waals surface area contributed by atoms with Crippen LogP contribution in [0.25, 0.3) is 0 Å². The highest BCUT2D eigenvalue weighted by atomic mass is 16.4. The van der Waals surface area contributed by atoms with Gasteiger partial charge >= 0.3 is 11.9 Å². The lowest BCUT2D eigenvalue weighted by atomic mass is 9.56. The first-order valence-corrected chi connectivity index (χ1v) is 17.2. The van der Waals surface area contributed by atoms with Crippen molar-refractivity contribution in [2.75, 3.05) is 14.1 Å². The van der Waals surface area contributed by atoms with Gasteiger partial charge in [0.1, 0.15) is 5.75 Å². The molecule has 3 rings (SSSR count). The van der Waals surface area contributed by atoms with Gasteiger partial charge in [0.05, 0.1) is 42.7 Å². The lowest BCUT2D eigenvalue weighted by Crippen LogP contribution is -2.97. The van der Waals surface area contributed by atoms with Gasteiger partial charge in [-0.15, -0.1) is 0 Å². The van der Waals surface area contributed by atoms with Crippen molar-refractivity contribution in [3.63, 3.8) is 0 Å². The third kappa shape index (κ3) is 4.96. The monoisotopic (exact) mass is 630 g/mol. The second-order valence-corrected chi connectivity index (χ2v) is 18.4. The van der Waals surface area contributed by atoms with Crippen LogP contribution in [0.3, 0.4) is 0 Å². The maximum atomic E-state index is 14.5. The molecule has 0 atom stereocenters. The number of quaternary nitrogens is 2. The number of piperidine rings is 2. The van der Waals surface area contributed by atoms with E-state index in [0.717, 1.165) is 44.1 Å². The summed E-state index contributed by atoms with van der Waals surface area (Å²) < 4.78 is 0.626. The second-order valence-electron chi connectivity index (χ2n) is 18.4. The van der Waals surface area contributed by atoms with Crippen LogP contribution < -0.4 is 0 Å². The molecule has 45 heavy (non-hydrogen) atoms. The van der Waals surface area contributed by atoms with Gasteiger partial charge < -0.3 is 15.3 Å². The topological polar surface area (TPSA) is 94.8 Å². The van der Waals surface area contributed by atoms with Crippen molar-refractivity contribution >= 4 is 11.9 Å². The van der Waals surface area contributed by atoms with E-state index in [1.165, 1.54) is 0 Å². The molecule has 2 aliphatic rings. The van der Waals surface area contributed by atoms with Gasteiger partial charge in [-0.1, -0.05) is 33.8 Å². The van der Waals surface area contributed by atoms with Crippen molar-refractivity contribution in [1.82, 2.24) is 0 Å². The Balaban J connectivity index is 2.75. The zero-order chi connectivity index (χ0) is 34.9. The molecule has 7 nitrogen and oxygen atoms in total. The van der Waals surface area contributed by atoms with Crippen molar-refractivity contribution in [3.05, 3.63) is 29.3 Å². The van der Waals surface area contributed by atoms with Crippen molar-refractivity contribution in [2.24, 2.45) is 5.41 Å². The molecule has 2 fully saturated rings. The minimum atomic E-state index is -2.24. The average molecular weight is 631 g/mol. The number of hydrogen-bond acceptors (Lipinski definition) is 3. The minimum Gasteiger partial charge on any atom is -0.508 e. The average Bonchev–Trinajstić information content (AvgIpc) is 2.86. The molecule has 1 aromatic carbocycles. The molecule has 3 N–H and O–H groups in total. The highest BCUT2D eigenvalue weighted by Crippen LogP contribution is 2.66. The lowest BCUT2D eigenvalue weighted by molar-refractivity contribution is -1.23. The number of aliphatic carboxylic acids is 2. The molecule has 256 valence electrons. The Hall–Kier alpha value is -2.12. The second kappa shape index (κ2) is 11.2. The molecule has 0 aromatic heterocycles. The molecule has 2 saturated heterocycles. The fourth-order valence-electron chi connectivity index (χ4n) is 10.9. The van der Waals surface area contributed by atoms with Crippen LogP contribution in [0.4, 0.5) is 0 Å². The fourth-order valence-corrected chi connectivity index (χ4v) is 10.9. The highest BCUT2D eigenvalue weighted by molar-refractivity contribution is 6.00. The zero-order valence-corrected chi connectivity index (χ0v) is 31.1. The van der Waals surface area contributed by atoms with E-state index in [9.17, 15) is 24.9 Å². The van der Waals surface area contributed by atoms with Crippen molar-refractivity contribution in [1.29, 1.82) is 0 Å². The quantitative estimate of drug-likeness (QED) is 0.189. The summed E-state index contributed by atoms with van der Waals surface area (Å²) in [6.45, 7) is 26.2. The van der Waals surface area contributed by atoms with Gasteiger partial charge in [0.25, 0.3) is 11.1 Å². The standard InChI is InChI=1S/C38H64N2O5/c1-15-18-38(39(13)33(5,6)19-16-20-34(39,7)8,40(14)35(9,10)21-17-22-36(40,11)12)37(30(42)43,31(44)45)26-27-23-28(32(2,3)4)25-29(41)24-27/h23-25H,15-22,26H2,1-14H3,(H-2,41,42,43,44,45)/p+2. The number of benzene rings is 1. The summed E-state index contributed by atoms with van der Waals surface area (Å²) in [7, 11) is 4.42. The van der Waals surface area contributed by atoms with Crippen molar-refractivity contribution in [2.45, 2.75) is 174 Å². The summed E-state index contributed by atoms with van der Waals surface area (Å²) in [4.78, 5) is 29.0. The maximum absolute atomic E-state index is 14.5. The number of carboxylic acids is 2. The Morgan fingerprint density at radius 2 is 1.11 bits per heavy atom. The molecule has 0 unspecified atom stereocenters. The van der Waals surface area contributed by atoms with E-state index >= 15 is 0 Å². The van der Waals surface area contributed by atoms with Gasteiger partial charge in [-0.2, -0.15) is 0 Å². The number of carboxylic acid groups (broad SMARTS) is 2. The normalized spacial score (nSPS) is 23.7. The van der Waals surface area contributed by atoms with Crippen LogP contribution in [0.1, 0.15) is 146 Å². The molecule has 2 heterocycles. The molecule has 0 radical (unpaired) electrons. The third-order valence-corrected chi connectivity index (χ3v) is 13.8. The molecule has 1 aromatic rings. The number of aromatic hydroxyl groups is 1. The molecule has 0 aliphatic carbocycles. The van der Waals surface area contributed by atoms with E-state index in [-0.39, 0.29) is 17.6 Å². The van der Waals surface area contributed by atoms with E-state index in [1.807, 2.05) is 26.8 Å². The number of phenols is 1. The highest BCUT2D eigenvalue weighted by Gasteiger charge is 2.87. The fraction of sp³-hybridized carbons (Fsp3) is 0.789. The number of carbonyl (C=O) groups is 2. The number of likely N-dealkylation sites (tertiary alicyclic amines) is 2. The Labute approximate surface area is 274 Å². The first kappa shape index (κ1) is 37.3. The largest absolute Gasteiger partial charge is 0.508 e. The first-order chi connectivity index (χ1) is 20.2. The van der Waals surface area contributed by atoms with Crippen LogP contribution in [0, 0.1) is 5.41 Å². The predicted molar refractivity (Wildman–Crippen MR) is 182 cm³/mol. The smallest absolute Gasteiger partial charge is 0.334 e. The molecule has 0 bridgehead atoms. The van der Waals surface area contributed by atoms with Crippen LogP contribution in [-0.2, 0) is 21.4 Å². The Morgan fingerprint density at radius 3 is 1.42 bits per heavy atom. The predicted octanol–water partition coefficient (Wildman–Crippen LogP) is 8.26. The molecular formula is C38H66N2O5+2. The Kier molecular flexibility index (Phi) is 9.33. The zero-order valence-electron chi connectivity index (χ0n) is 31.1. The van der Waals surface area contributed by atoms with E-state index in [0.29, 0.717) is 27.4 Å². The number of nitrogens with zero attached hydrogens (tertiary/aromatic N) is 2. The van der Waals surface area contributed by atoms with E-state index in [2.05, 4.69) is 76.4 Å². The minimum absolute atomic E-state index is 0.0289. The molecule has 7 heteroatoms. The molecule has 2 aliphatic heterocycles. The van der Waals surface area contributed by atoms with Gasteiger partial charge in [0, 0.05) is 32.1 Å². The lowest BCUT2D eigenvalue weighted by Gasteiger charge is -2.78. The summed E-state index contributed by atoms with van der Waals surface area (Å²) in [6.07, 6.45) is 6.31. The summed E-state index contributed by atoms with van der Waals surface area (Å²) in [5.74, 6) is -2.56. The van der Waals surface area contributed by atoms with Crippen molar-refractivity contribution < 1.29 is 33.9 Å². The molecular weight excluding hydrogens is 564 g/mol. The summed E-state index contributed by atoms with van der Waals surface area (Å²) >= 11 is 0. The van der Waals surface area contributed by atoms with Gasteiger partial charge in [0.2, 0.25) is 0 Å². The maximum Gasteiger partial charge on any atom is 0.334 e. The summed E-state index contributed by atoms with van der Waals surface area (Å²) in [5.41, 5.74) is -4.25. The number of phenolic OH excluding ortho intramolecular Hbond substituents is 1. The van der Waals surface area contributed by atoms with E-state index in [1.54, 1.807) is 12.1 Å². The van der Waals surface area contributed by atoms with Crippen LogP contribution in [-0.4, -0.2) is 78.1 Å². The van der Waals surface area contributed by atoms with Gasteiger partial charge in [-0.25, -0.2) is 0 Å². The van der Waals surface area contributed by atoms with E-state index in [4.69, 9.17) is 0 Å². The third-order valence-electron chi connectivity index (χ3n) is 13.8. The Morgan fingerprint density at radius 1 is 0.733 bits per heavy atom. The number of hydrogen-bond donors (Lipinski definition) is 3. The molecule has 0 amide bonds. The Bertz CT molecular complexity index is 1210. The summed E-state index contributed by atoms with van der Waals surface area (Å²) in [6, 6.07) is 5.23. The van der Waals surface area contributed by atoms with Gasteiger partial charge in [-0.05, 0) is 103 Å². The van der Waals surface area contributed by atoms with Crippen molar-refractivity contribution in [3.8, 4) is 5.75 Å². The SMILES string of the molecule is CCCC(C(Cc1cc(O)cc(C(C)(C)C)c1)(C(=O)O)C(=O)O)([N+]1(C)C(C)(C)CCCC1(C)C)[N+]1(C)C(C)(C)CCCC1(C)C. The molecule has 0 saturated carbocycles. The van der Waals surface area contributed by atoms with Crippen LogP contribution in [0.5, 0.6) is 5.75 Å².